The predicted molar refractivity (Wildman–Crippen MR) is 91.1 cm³/mol. The van der Waals surface area contributed by atoms with Gasteiger partial charge < -0.3 is 30.1 Å². The van der Waals surface area contributed by atoms with E-state index in [9.17, 15) is 20.1 Å². The lowest BCUT2D eigenvalue weighted by Gasteiger charge is -2.42. The summed E-state index contributed by atoms with van der Waals surface area (Å²) < 4.78 is 11.3. The van der Waals surface area contributed by atoms with Crippen LogP contribution < -0.4 is 10.1 Å². The molecule has 0 bridgehead atoms. The fourth-order valence-electron chi connectivity index (χ4n) is 2.74. The van der Waals surface area contributed by atoms with Crippen molar-refractivity contribution in [1.29, 1.82) is 0 Å². The zero-order valence-electron chi connectivity index (χ0n) is 15.0. The Labute approximate surface area is 147 Å². The van der Waals surface area contributed by atoms with Gasteiger partial charge in [-0.3, -0.25) is 4.79 Å². The highest BCUT2D eigenvalue weighted by molar-refractivity contribution is 5.73. The van der Waals surface area contributed by atoms with Crippen LogP contribution in [0, 0.1) is 0 Å². The molecular weight excluding hydrogens is 326 g/mol. The zero-order valence-corrected chi connectivity index (χ0v) is 15.0. The number of amides is 1. The van der Waals surface area contributed by atoms with Gasteiger partial charge in [-0.2, -0.15) is 0 Å². The van der Waals surface area contributed by atoms with Crippen molar-refractivity contribution in [2.24, 2.45) is 0 Å². The highest BCUT2D eigenvalue weighted by Gasteiger charge is 2.46. The van der Waals surface area contributed by atoms with E-state index >= 15 is 0 Å². The van der Waals surface area contributed by atoms with Crippen molar-refractivity contribution >= 4 is 5.91 Å². The third-order valence-electron chi connectivity index (χ3n) is 4.22. The SMILES string of the molecule is CC(=O)N[C@H]1[C@H](Oc2ccc(C(C)(C)C)cc2)O[C@H](CO)[C@@H](O)[C@@H]1O. The van der Waals surface area contributed by atoms with Crippen LogP contribution >= 0.6 is 0 Å². The van der Waals surface area contributed by atoms with E-state index in [1.165, 1.54) is 6.92 Å². The standard InChI is InChI=1S/C18H27NO6/c1-10(21)19-14-16(23)15(22)13(9-20)25-17(14)24-12-7-5-11(6-8-12)18(2,3)4/h5-8,13-17,20,22-23H,9H2,1-4H3,(H,19,21)/t13-,14-,15-,16-,17-/m1/s1. The van der Waals surface area contributed by atoms with Crippen molar-refractivity contribution < 1.29 is 29.6 Å². The van der Waals surface area contributed by atoms with Crippen molar-refractivity contribution in [3.63, 3.8) is 0 Å². The summed E-state index contributed by atoms with van der Waals surface area (Å²) in [7, 11) is 0. The molecule has 1 heterocycles. The molecule has 140 valence electrons. The number of carbonyl (C=O) groups excluding carboxylic acids is 1. The first-order valence-electron chi connectivity index (χ1n) is 8.30. The summed E-state index contributed by atoms with van der Waals surface area (Å²) in [4.78, 5) is 11.4. The Hall–Kier alpha value is -1.67. The molecule has 2 rings (SSSR count). The molecule has 1 aromatic carbocycles. The van der Waals surface area contributed by atoms with Crippen molar-refractivity contribution in [3.05, 3.63) is 29.8 Å². The second-order valence-corrected chi connectivity index (χ2v) is 7.33. The summed E-state index contributed by atoms with van der Waals surface area (Å²) in [5.74, 6) is 0.104. The lowest BCUT2D eigenvalue weighted by atomic mass is 9.87. The minimum atomic E-state index is -1.33. The fraction of sp³-hybridized carbons (Fsp3) is 0.611. The molecule has 1 saturated heterocycles. The summed E-state index contributed by atoms with van der Waals surface area (Å²) in [6.07, 6.45) is -4.70. The minimum absolute atomic E-state index is 0.000870. The van der Waals surface area contributed by atoms with Crippen LogP contribution in [0.2, 0.25) is 0 Å². The molecule has 7 nitrogen and oxygen atoms in total. The number of benzene rings is 1. The van der Waals surface area contributed by atoms with Crippen LogP contribution in [-0.4, -0.2) is 58.5 Å². The summed E-state index contributed by atoms with van der Waals surface area (Å²) >= 11 is 0. The van der Waals surface area contributed by atoms with E-state index in [-0.39, 0.29) is 11.3 Å². The van der Waals surface area contributed by atoms with Crippen LogP contribution in [0.25, 0.3) is 0 Å². The molecule has 0 unspecified atom stereocenters. The van der Waals surface area contributed by atoms with Crippen molar-refractivity contribution in [1.82, 2.24) is 5.32 Å². The van der Waals surface area contributed by atoms with E-state index in [0.717, 1.165) is 5.56 Å². The van der Waals surface area contributed by atoms with Crippen LogP contribution in [-0.2, 0) is 14.9 Å². The smallest absolute Gasteiger partial charge is 0.223 e. The van der Waals surface area contributed by atoms with Gasteiger partial charge in [0.1, 0.15) is 30.1 Å². The molecule has 0 aromatic heterocycles. The Morgan fingerprint density at radius 1 is 1.20 bits per heavy atom. The summed E-state index contributed by atoms with van der Waals surface area (Å²) in [5, 5.41) is 32.1. The number of carbonyl (C=O) groups is 1. The number of rotatable bonds is 4. The molecule has 1 fully saturated rings. The van der Waals surface area contributed by atoms with Gasteiger partial charge in [-0.15, -0.1) is 0 Å². The maximum atomic E-state index is 11.4. The van der Waals surface area contributed by atoms with Gasteiger partial charge in [-0.25, -0.2) is 0 Å². The van der Waals surface area contributed by atoms with Crippen LogP contribution in [0.4, 0.5) is 0 Å². The molecule has 7 heteroatoms. The third kappa shape index (κ3) is 4.70. The third-order valence-corrected chi connectivity index (χ3v) is 4.22. The number of nitrogens with one attached hydrogen (secondary N) is 1. The predicted octanol–water partition coefficient (Wildman–Crippen LogP) is 0.307. The Morgan fingerprint density at radius 2 is 1.80 bits per heavy atom. The van der Waals surface area contributed by atoms with Crippen LogP contribution in [0.1, 0.15) is 33.3 Å². The zero-order chi connectivity index (χ0) is 18.8. The van der Waals surface area contributed by atoms with E-state index in [1.807, 2.05) is 12.1 Å². The quantitative estimate of drug-likeness (QED) is 0.620. The first kappa shape index (κ1) is 19.7. The van der Waals surface area contributed by atoms with E-state index < -0.39 is 37.3 Å². The highest BCUT2D eigenvalue weighted by atomic mass is 16.7. The Morgan fingerprint density at radius 3 is 2.28 bits per heavy atom. The van der Waals surface area contributed by atoms with Gasteiger partial charge >= 0.3 is 0 Å². The molecule has 1 aromatic rings. The summed E-state index contributed by atoms with van der Waals surface area (Å²) in [6, 6.07) is 6.46. The number of hydrogen-bond acceptors (Lipinski definition) is 6. The lowest BCUT2D eigenvalue weighted by Crippen LogP contribution is -2.65. The minimum Gasteiger partial charge on any atom is -0.463 e. The average Bonchev–Trinajstić information content (AvgIpc) is 2.53. The molecule has 0 radical (unpaired) electrons. The monoisotopic (exact) mass is 353 g/mol. The normalized spacial score (nSPS) is 30.0. The van der Waals surface area contributed by atoms with Crippen LogP contribution in [0.3, 0.4) is 0 Å². The average molecular weight is 353 g/mol. The first-order valence-corrected chi connectivity index (χ1v) is 8.30. The fourth-order valence-corrected chi connectivity index (χ4v) is 2.74. The van der Waals surface area contributed by atoms with E-state index in [2.05, 4.69) is 26.1 Å². The number of hydrogen-bond donors (Lipinski definition) is 4. The molecule has 25 heavy (non-hydrogen) atoms. The Kier molecular flexibility index (Phi) is 6.05. The largest absolute Gasteiger partial charge is 0.463 e. The number of aliphatic hydroxyl groups is 3. The molecule has 0 spiro atoms. The summed E-state index contributed by atoms with van der Waals surface area (Å²) in [5.41, 5.74) is 1.13. The molecule has 5 atom stereocenters. The van der Waals surface area contributed by atoms with E-state index in [0.29, 0.717) is 5.75 Å². The molecule has 4 N–H and O–H groups in total. The Balaban J connectivity index is 2.19. The molecule has 1 amide bonds. The molecule has 1 aliphatic rings. The van der Waals surface area contributed by atoms with Gasteiger partial charge in [0.05, 0.1) is 6.61 Å². The van der Waals surface area contributed by atoms with Crippen molar-refractivity contribution in [2.75, 3.05) is 6.61 Å². The number of aliphatic hydroxyl groups excluding tert-OH is 3. The highest BCUT2D eigenvalue weighted by Crippen LogP contribution is 2.27. The van der Waals surface area contributed by atoms with Gasteiger partial charge in [0.2, 0.25) is 12.2 Å². The summed E-state index contributed by atoms with van der Waals surface area (Å²) in [6.45, 7) is 7.12. The lowest BCUT2D eigenvalue weighted by molar-refractivity contribution is -0.244. The van der Waals surface area contributed by atoms with Gasteiger partial charge in [-0.1, -0.05) is 32.9 Å². The maximum Gasteiger partial charge on any atom is 0.223 e. The molecule has 0 saturated carbocycles. The second kappa shape index (κ2) is 7.70. The van der Waals surface area contributed by atoms with Gasteiger partial charge in [0, 0.05) is 6.92 Å². The first-order chi connectivity index (χ1) is 11.6. The van der Waals surface area contributed by atoms with E-state index in [1.54, 1.807) is 12.1 Å². The molecule has 1 aliphatic heterocycles. The number of ether oxygens (including phenoxy) is 2. The molecule has 0 aliphatic carbocycles. The Bertz CT molecular complexity index is 582. The van der Waals surface area contributed by atoms with Crippen molar-refractivity contribution in [2.45, 2.75) is 63.8 Å². The molecular formula is C18H27NO6. The van der Waals surface area contributed by atoms with Gasteiger partial charge in [-0.05, 0) is 23.1 Å². The van der Waals surface area contributed by atoms with Gasteiger partial charge in [0.15, 0.2) is 0 Å². The topological polar surface area (TPSA) is 108 Å². The van der Waals surface area contributed by atoms with Gasteiger partial charge in [0.25, 0.3) is 0 Å². The van der Waals surface area contributed by atoms with Crippen LogP contribution in [0.15, 0.2) is 24.3 Å². The van der Waals surface area contributed by atoms with Crippen molar-refractivity contribution in [3.8, 4) is 5.75 Å². The maximum absolute atomic E-state index is 11.4. The second-order valence-electron chi connectivity index (χ2n) is 7.33. The van der Waals surface area contributed by atoms with Crippen LogP contribution in [0.5, 0.6) is 5.75 Å². The van der Waals surface area contributed by atoms with E-state index in [4.69, 9.17) is 9.47 Å².